The van der Waals surface area contributed by atoms with E-state index >= 15 is 0 Å². The maximum absolute atomic E-state index is 11.5. The Balaban J connectivity index is 2.38. The SMILES string of the molecule is CCN1CCCN(c2ccc(C(C)=O)cc2[N+](=O)[O-])C(C)C1. The predicted molar refractivity (Wildman–Crippen MR) is 86.6 cm³/mol. The minimum absolute atomic E-state index is 0.0181. The van der Waals surface area contributed by atoms with Gasteiger partial charge in [-0.3, -0.25) is 14.9 Å². The van der Waals surface area contributed by atoms with E-state index < -0.39 is 4.92 Å². The van der Waals surface area contributed by atoms with Crippen molar-refractivity contribution in [2.24, 2.45) is 0 Å². The van der Waals surface area contributed by atoms with Gasteiger partial charge in [0.05, 0.1) is 4.92 Å². The first-order chi connectivity index (χ1) is 10.4. The van der Waals surface area contributed by atoms with Gasteiger partial charge in [0.1, 0.15) is 5.69 Å². The van der Waals surface area contributed by atoms with Crippen molar-refractivity contribution < 1.29 is 9.72 Å². The first-order valence-corrected chi connectivity index (χ1v) is 7.72. The van der Waals surface area contributed by atoms with E-state index in [2.05, 4.69) is 23.6 Å². The van der Waals surface area contributed by atoms with Crippen LogP contribution in [0.3, 0.4) is 0 Å². The second kappa shape index (κ2) is 6.87. The van der Waals surface area contributed by atoms with Crippen LogP contribution in [-0.4, -0.2) is 47.8 Å². The van der Waals surface area contributed by atoms with E-state index in [9.17, 15) is 14.9 Å². The van der Waals surface area contributed by atoms with E-state index in [1.54, 1.807) is 12.1 Å². The highest BCUT2D eigenvalue weighted by Gasteiger charge is 2.27. The molecule has 1 heterocycles. The first kappa shape index (κ1) is 16.4. The molecular weight excluding hydrogens is 282 g/mol. The molecule has 0 bridgehead atoms. The number of nitro benzene ring substituents is 1. The maximum Gasteiger partial charge on any atom is 0.293 e. The van der Waals surface area contributed by atoms with Gasteiger partial charge in [0, 0.05) is 30.8 Å². The minimum Gasteiger partial charge on any atom is -0.362 e. The lowest BCUT2D eigenvalue weighted by Gasteiger charge is -2.30. The quantitative estimate of drug-likeness (QED) is 0.486. The Kier molecular flexibility index (Phi) is 5.13. The van der Waals surface area contributed by atoms with Gasteiger partial charge in [-0.15, -0.1) is 0 Å². The van der Waals surface area contributed by atoms with Crippen molar-refractivity contribution in [3.8, 4) is 0 Å². The number of hydrogen-bond acceptors (Lipinski definition) is 5. The number of anilines is 1. The summed E-state index contributed by atoms with van der Waals surface area (Å²) in [6.45, 7) is 9.33. The summed E-state index contributed by atoms with van der Waals surface area (Å²) < 4.78 is 0. The number of nitrogens with zero attached hydrogens (tertiary/aromatic N) is 3. The number of likely N-dealkylation sites (N-methyl/N-ethyl adjacent to an activating group) is 1. The molecule has 0 aliphatic carbocycles. The van der Waals surface area contributed by atoms with Crippen LogP contribution < -0.4 is 4.90 Å². The van der Waals surface area contributed by atoms with Gasteiger partial charge in [0.2, 0.25) is 0 Å². The lowest BCUT2D eigenvalue weighted by molar-refractivity contribution is -0.384. The maximum atomic E-state index is 11.5. The molecule has 0 saturated carbocycles. The average molecular weight is 305 g/mol. The van der Waals surface area contributed by atoms with Crippen molar-refractivity contribution >= 4 is 17.2 Å². The molecule has 0 N–H and O–H groups in total. The van der Waals surface area contributed by atoms with Gasteiger partial charge >= 0.3 is 0 Å². The number of nitro groups is 1. The fourth-order valence-corrected chi connectivity index (χ4v) is 3.03. The second-order valence-corrected chi connectivity index (χ2v) is 5.81. The van der Waals surface area contributed by atoms with Gasteiger partial charge < -0.3 is 9.80 Å². The van der Waals surface area contributed by atoms with Crippen molar-refractivity contribution in [1.29, 1.82) is 0 Å². The lowest BCUT2D eigenvalue weighted by atomic mass is 10.1. The van der Waals surface area contributed by atoms with E-state index in [0.717, 1.165) is 32.6 Å². The molecule has 22 heavy (non-hydrogen) atoms. The van der Waals surface area contributed by atoms with Gasteiger partial charge in [0.25, 0.3) is 5.69 Å². The molecule has 1 saturated heterocycles. The summed E-state index contributed by atoms with van der Waals surface area (Å²) in [4.78, 5) is 26.9. The molecule has 1 fully saturated rings. The summed E-state index contributed by atoms with van der Waals surface area (Å²) >= 11 is 0. The molecular formula is C16H23N3O3. The largest absolute Gasteiger partial charge is 0.362 e. The normalized spacial score (nSPS) is 19.8. The summed E-state index contributed by atoms with van der Waals surface area (Å²) in [7, 11) is 0. The van der Waals surface area contributed by atoms with Crippen molar-refractivity contribution in [1.82, 2.24) is 4.90 Å². The fraction of sp³-hybridized carbons (Fsp3) is 0.562. The van der Waals surface area contributed by atoms with Crippen LogP contribution in [0.2, 0.25) is 0 Å². The van der Waals surface area contributed by atoms with Crippen LogP contribution in [0.15, 0.2) is 18.2 Å². The van der Waals surface area contributed by atoms with Gasteiger partial charge in [-0.1, -0.05) is 6.92 Å². The smallest absolute Gasteiger partial charge is 0.293 e. The third kappa shape index (κ3) is 3.44. The monoisotopic (exact) mass is 305 g/mol. The van der Waals surface area contributed by atoms with Gasteiger partial charge in [-0.05, 0) is 45.5 Å². The van der Waals surface area contributed by atoms with Crippen LogP contribution in [0.4, 0.5) is 11.4 Å². The molecule has 0 spiro atoms. The van der Waals surface area contributed by atoms with E-state index in [4.69, 9.17) is 0 Å². The molecule has 1 aliphatic heterocycles. The van der Waals surface area contributed by atoms with E-state index in [1.807, 2.05) is 0 Å². The number of rotatable bonds is 4. The molecule has 1 aromatic carbocycles. The molecule has 6 heteroatoms. The molecule has 2 rings (SSSR count). The van der Waals surface area contributed by atoms with Crippen LogP contribution in [0.25, 0.3) is 0 Å². The third-order valence-electron chi connectivity index (χ3n) is 4.26. The van der Waals surface area contributed by atoms with Crippen molar-refractivity contribution in [2.75, 3.05) is 31.1 Å². The highest BCUT2D eigenvalue weighted by molar-refractivity contribution is 5.95. The second-order valence-electron chi connectivity index (χ2n) is 5.81. The van der Waals surface area contributed by atoms with Crippen LogP contribution in [0.1, 0.15) is 37.6 Å². The van der Waals surface area contributed by atoms with E-state index in [1.165, 1.54) is 13.0 Å². The highest BCUT2D eigenvalue weighted by atomic mass is 16.6. The minimum atomic E-state index is -0.392. The third-order valence-corrected chi connectivity index (χ3v) is 4.26. The van der Waals surface area contributed by atoms with Crippen molar-refractivity contribution in [3.63, 3.8) is 0 Å². The van der Waals surface area contributed by atoms with Crippen LogP contribution in [0, 0.1) is 10.1 Å². The Hall–Kier alpha value is -1.95. The standard InChI is InChI=1S/C16H23N3O3/c1-4-17-8-5-9-18(12(2)11-17)15-7-6-14(13(3)20)10-16(15)19(21)22/h6-7,10,12H,4-5,8-9,11H2,1-3H3. The molecule has 1 aliphatic rings. The first-order valence-electron chi connectivity index (χ1n) is 7.72. The molecule has 1 aromatic rings. The molecule has 0 aromatic heterocycles. The van der Waals surface area contributed by atoms with Gasteiger partial charge in [-0.25, -0.2) is 0 Å². The van der Waals surface area contributed by atoms with Crippen molar-refractivity contribution in [3.05, 3.63) is 33.9 Å². The number of Topliss-reactive ketones (excluding diaryl/α,β-unsaturated/α-hetero) is 1. The topological polar surface area (TPSA) is 66.7 Å². The average Bonchev–Trinajstić information content (AvgIpc) is 2.67. The number of carbonyl (C=O) groups is 1. The van der Waals surface area contributed by atoms with E-state index in [0.29, 0.717) is 11.3 Å². The van der Waals surface area contributed by atoms with Crippen LogP contribution in [-0.2, 0) is 0 Å². The zero-order valence-corrected chi connectivity index (χ0v) is 13.4. The predicted octanol–water partition coefficient (Wildman–Crippen LogP) is 2.72. The number of carbonyl (C=O) groups excluding carboxylic acids is 1. The summed E-state index contributed by atoms with van der Waals surface area (Å²) in [5.41, 5.74) is 1.01. The molecule has 0 radical (unpaired) electrons. The zero-order chi connectivity index (χ0) is 16.3. The summed E-state index contributed by atoms with van der Waals surface area (Å²) in [6.07, 6.45) is 0.976. The molecule has 6 nitrogen and oxygen atoms in total. The Morgan fingerprint density at radius 3 is 2.73 bits per heavy atom. The Bertz CT molecular complexity index is 574. The molecule has 120 valence electrons. The summed E-state index contributed by atoms with van der Waals surface area (Å²) in [5.74, 6) is -0.157. The summed E-state index contributed by atoms with van der Waals surface area (Å²) in [5, 5.41) is 11.4. The van der Waals surface area contributed by atoms with Crippen LogP contribution in [0.5, 0.6) is 0 Å². The molecule has 1 unspecified atom stereocenters. The number of hydrogen-bond donors (Lipinski definition) is 0. The summed E-state index contributed by atoms with van der Waals surface area (Å²) in [6, 6.07) is 4.99. The Labute approximate surface area is 130 Å². The zero-order valence-electron chi connectivity index (χ0n) is 13.4. The van der Waals surface area contributed by atoms with Crippen LogP contribution >= 0.6 is 0 Å². The lowest BCUT2D eigenvalue weighted by Crippen LogP contribution is -2.39. The highest BCUT2D eigenvalue weighted by Crippen LogP contribution is 2.32. The fourth-order valence-electron chi connectivity index (χ4n) is 3.03. The Morgan fingerprint density at radius 1 is 1.41 bits per heavy atom. The number of benzene rings is 1. The Morgan fingerprint density at radius 2 is 2.14 bits per heavy atom. The van der Waals surface area contributed by atoms with Gasteiger partial charge in [0.15, 0.2) is 5.78 Å². The molecule has 1 atom stereocenters. The molecule has 0 amide bonds. The van der Waals surface area contributed by atoms with E-state index in [-0.39, 0.29) is 17.5 Å². The number of ketones is 1. The van der Waals surface area contributed by atoms with Gasteiger partial charge in [-0.2, -0.15) is 0 Å². The van der Waals surface area contributed by atoms with Crippen molar-refractivity contribution in [2.45, 2.75) is 33.2 Å².